The van der Waals surface area contributed by atoms with Crippen LogP contribution in [0.2, 0.25) is 0 Å². The van der Waals surface area contributed by atoms with E-state index in [1.54, 1.807) is 0 Å². The molecule has 0 aliphatic carbocycles. The molecule has 1 nitrogen and oxygen atoms in total. The minimum Gasteiger partial charge on any atom is -0.317 e. The van der Waals surface area contributed by atoms with E-state index < -0.39 is 0 Å². The summed E-state index contributed by atoms with van der Waals surface area (Å²) >= 11 is 0. The molecule has 1 aromatic heterocycles. The van der Waals surface area contributed by atoms with Gasteiger partial charge in [-0.25, -0.2) is 0 Å². The van der Waals surface area contributed by atoms with Crippen molar-refractivity contribution in [1.82, 2.24) is 4.57 Å². The van der Waals surface area contributed by atoms with Gasteiger partial charge < -0.3 is 4.57 Å². The van der Waals surface area contributed by atoms with Crippen LogP contribution >= 0.6 is 0 Å². The molecule has 4 aromatic rings. The maximum Gasteiger partial charge on any atom is 0.0455 e. The third-order valence-electron chi connectivity index (χ3n) is 6.80. The van der Waals surface area contributed by atoms with Crippen molar-refractivity contribution in [3.05, 3.63) is 102 Å². The Morgan fingerprint density at radius 3 is 2.03 bits per heavy atom. The highest BCUT2D eigenvalue weighted by atomic mass is 15.0. The number of aromatic nitrogens is 1. The third-order valence-corrected chi connectivity index (χ3v) is 6.80. The molecule has 0 fully saturated rings. The van der Waals surface area contributed by atoms with Crippen LogP contribution in [0.25, 0.3) is 16.5 Å². The number of nitrogens with zero attached hydrogens (tertiary/aromatic N) is 1. The fraction of sp³-hybridized carbons (Fsp3) is 0.333. The lowest BCUT2D eigenvalue weighted by Crippen LogP contribution is -2.26. The lowest BCUT2D eigenvalue weighted by atomic mass is 9.73. The molecule has 0 saturated heterocycles. The standard InChI is InChI=1S/C30H35N/c1-7-30(5,6)27-21-20-26(31(27)23-16-9-8-10-17-23)28(29(2,3)4)25-19-13-15-22-14-11-12-18-24(22)25/h8-21,28H,7H2,1-6H3. The fourth-order valence-electron chi connectivity index (χ4n) is 4.82. The molecule has 160 valence electrons. The molecular weight excluding hydrogens is 374 g/mol. The SMILES string of the molecule is CCC(C)(C)c1ccc(C(c2cccc3ccccc23)C(C)(C)C)n1-c1ccccc1. The van der Waals surface area contributed by atoms with Crippen LogP contribution in [0, 0.1) is 5.41 Å². The number of para-hydroxylation sites is 1. The van der Waals surface area contributed by atoms with Crippen LogP contribution in [0.4, 0.5) is 0 Å². The third kappa shape index (κ3) is 3.94. The maximum absolute atomic E-state index is 2.53. The largest absolute Gasteiger partial charge is 0.317 e. The molecule has 1 heteroatoms. The molecule has 0 N–H and O–H groups in total. The second kappa shape index (κ2) is 8.04. The number of rotatable bonds is 5. The zero-order valence-electron chi connectivity index (χ0n) is 19.8. The quantitative estimate of drug-likeness (QED) is 0.311. The van der Waals surface area contributed by atoms with Crippen molar-refractivity contribution in [1.29, 1.82) is 0 Å². The van der Waals surface area contributed by atoms with E-state index in [4.69, 9.17) is 0 Å². The highest BCUT2D eigenvalue weighted by molar-refractivity contribution is 5.86. The Hall–Kier alpha value is -2.80. The van der Waals surface area contributed by atoms with Crippen molar-refractivity contribution >= 4 is 10.8 Å². The van der Waals surface area contributed by atoms with Crippen molar-refractivity contribution in [2.45, 2.75) is 59.3 Å². The monoisotopic (exact) mass is 409 g/mol. The average molecular weight is 410 g/mol. The van der Waals surface area contributed by atoms with Crippen LogP contribution in [-0.4, -0.2) is 4.57 Å². The lowest BCUT2D eigenvalue weighted by molar-refractivity contribution is 0.350. The first kappa shape index (κ1) is 21.4. The summed E-state index contributed by atoms with van der Waals surface area (Å²) in [6, 6.07) is 31.1. The van der Waals surface area contributed by atoms with Crippen LogP contribution in [0.15, 0.2) is 84.9 Å². The molecule has 3 aromatic carbocycles. The smallest absolute Gasteiger partial charge is 0.0455 e. The van der Waals surface area contributed by atoms with Gasteiger partial charge in [-0.1, -0.05) is 102 Å². The van der Waals surface area contributed by atoms with Gasteiger partial charge >= 0.3 is 0 Å². The van der Waals surface area contributed by atoms with Gasteiger partial charge in [0.25, 0.3) is 0 Å². The predicted molar refractivity (Wildman–Crippen MR) is 134 cm³/mol. The molecular formula is C30H35N. The summed E-state index contributed by atoms with van der Waals surface area (Å²) in [6.07, 6.45) is 1.09. The molecule has 0 aliphatic heterocycles. The van der Waals surface area contributed by atoms with Crippen molar-refractivity contribution in [2.24, 2.45) is 5.41 Å². The van der Waals surface area contributed by atoms with Gasteiger partial charge in [-0.2, -0.15) is 0 Å². The van der Waals surface area contributed by atoms with E-state index in [2.05, 4.69) is 131 Å². The molecule has 0 amide bonds. The van der Waals surface area contributed by atoms with Gasteiger partial charge in [-0.15, -0.1) is 0 Å². The first-order chi connectivity index (χ1) is 14.7. The number of benzene rings is 3. The van der Waals surface area contributed by atoms with E-state index in [1.807, 2.05) is 0 Å². The summed E-state index contributed by atoms with van der Waals surface area (Å²) in [5.74, 6) is 0.264. The van der Waals surface area contributed by atoms with E-state index in [0.29, 0.717) is 0 Å². The summed E-state index contributed by atoms with van der Waals surface area (Å²) in [5, 5.41) is 2.66. The zero-order valence-corrected chi connectivity index (χ0v) is 19.8. The van der Waals surface area contributed by atoms with Crippen LogP contribution in [0.3, 0.4) is 0 Å². The number of hydrogen-bond acceptors (Lipinski definition) is 0. The molecule has 0 saturated carbocycles. The molecule has 1 unspecified atom stereocenters. The van der Waals surface area contributed by atoms with Gasteiger partial charge in [0.2, 0.25) is 0 Å². The fourth-order valence-corrected chi connectivity index (χ4v) is 4.82. The first-order valence-corrected chi connectivity index (χ1v) is 11.5. The summed E-state index contributed by atoms with van der Waals surface area (Å²) in [5.41, 5.74) is 5.55. The molecule has 1 heterocycles. The maximum atomic E-state index is 2.53. The van der Waals surface area contributed by atoms with E-state index in [-0.39, 0.29) is 16.7 Å². The van der Waals surface area contributed by atoms with Crippen LogP contribution in [0.1, 0.15) is 70.8 Å². The van der Waals surface area contributed by atoms with Crippen LogP contribution in [-0.2, 0) is 5.41 Å². The highest BCUT2D eigenvalue weighted by Gasteiger charge is 2.34. The predicted octanol–water partition coefficient (Wildman–Crippen LogP) is 8.50. The van der Waals surface area contributed by atoms with Crippen molar-refractivity contribution in [3.8, 4) is 5.69 Å². The van der Waals surface area contributed by atoms with E-state index >= 15 is 0 Å². The van der Waals surface area contributed by atoms with Gasteiger partial charge in [0.15, 0.2) is 0 Å². The Labute approximate surface area is 187 Å². The normalized spacial score (nSPS) is 13.5. The van der Waals surface area contributed by atoms with E-state index in [9.17, 15) is 0 Å². The average Bonchev–Trinajstić information content (AvgIpc) is 3.19. The Kier molecular flexibility index (Phi) is 5.56. The Balaban J connectivity index is 2.04. The first-order valence-electron chi connectivity index (χ1n) is 11.5. The van der Waals surface area contributed by atoms with Crippen molar-refractivity contribution in [2.75, 3.05) is 0 Å². The van der Waals surface area contributed by atoms with Gasteiger partial charge in [0, 0.05) is 28.4 Å². The van der Waals surface area contributed by atoms with Gasteiger partial charge in [0.05, 0.1) is 0 Å². The molecule has 4 rings (SSSR count). The second-order valence-corrected chi connectivity index (χ2v) is 10.4. The minimum absolute atomic E-state index is 0.0582. The topological polar surface area (TPSA) is 4.93 Å². The zero-order chi connectivity index (χ0) is 22.2. The van der Waals surface area contributed by atoms with Gasteiger partial charge in [0.1, 0.15) is 0 Å². The van der Waals surface area contributed by atoms with Crippen molar-refractivity contribution < 1.29 is 0 Å². The van der Waals surface area contributed by atoms with Crippen LogP contribution in [0.5, 0.6) is 0 Å². The minimum atomic E-state index is 0.0582. The number of hydrogen-bond donors (Lipinski definition) is 0. The lowest BCUT2D eigenvalue weighted by Gasteiger charge is -2.35. The molecule has 31 heavy (non-hydrogen) atoms. The highest BCUT2D eigenvalue weighted by Crippen LogP contribution is 2.45. The Morgan fingerprint density at radius 1 is 0.710 bits per heavy atom. The molecule has 0 radical (unpaired) electrons. The summed E-state index contributed by atoms with van der Waals surface area (Å²) in [7, 11) is 0. The molecule has 0 bridgehead atoms. The Morgan fingerprint density at radius 2 is 1.35 bits per heavy atom. The number of fused-ring (bicyclic) bond motifs is 1. The molecule has 1 atom stereocenters. The molecule has 0 spiro atoms. The van der Waals surface area contributed by atoms with E-state index in [0.717, 1.165) is 6.42 Å². The Bertz CT molecular complexity index is 1170. The summed E-state index contributed by atoms with van der Waals surface area (Å²) in [4.78, 5) is 0. The summed E-state index contributed by atoms with van der Waals surface area (Å²) < 4.78 is 2.53. The van der Waals surface area contributed by atoms with Crippen molar-refractivity contribution in [3.63, 3.8) is 0 Å². The summed E-state index contributed by atoms with van der Waals surface area (Å²) in [6.45, 7) is 14.1. The van der Waals surface area contributed by atoms with E-state index in [1.165, 1.54) is 33.4 Å². The molecule has 0 aliphatic rings. The second-order valence-electron chi connectivity index (χ2n) is 10.4. The van der Waals surface area contributed by atoms with Gasteiger partial charge in [-0.05, 0) is 52.4 Å². The van der Waals surface area contributed by atoms with Gasteiger partial charge in [-0.3, -0.25) is 0 Å². The van der Waals surface area contributed by atoms with Crippen LogP contribution < -0.4 is 0 Å².